The molecule has 6 heteroatoms. The second-order valence-corrected chi connectivity index (χ2v) is 7.00. The minimum Gasteiger partial charge on any atom is -0.481 e. The van der Waals surface area contributed by atoms with Crippen LogP contribution < -0.4 is 5.32 Å². The van der Waals surface area contributed by atoms with Gasteiger partial charge in [0.1, 0.15) is 0 Å². The number of carbonyl (C=O) groups is 2. The van der Waals surface area contributed by atoms with Crippen molar-refractivity contribution in [3.05, 3.63) is 0 Å². The van der Waals surface area contributed by atoms with E-state index in [-0.39, 0.29) is 17.3 Å². The Bertz CT molecular complexity index is 343. The van der Waals surface area contributed by atoms with Crippen LogP contribution >= 0.6 is 11.8 Å². The van der Waals surface area contributed by atoms with Crippen molar-refractivity contribution in [1.29, 1.82) is 0 Å². The molecule has 1 saturated carbocycles. The third-order valence-corrected chi connectivity index (χ3v) is 5.49. The largest absolute Gasteiger partial charge is 0.481 e. The lowest BCUT2D eigenvalue weighted by Gasteiger charge is -2.36. The number of carboxylic acid groups (broad SMARTS) is 1. The third kappa shape index (κ3) is 4.89. The second-order valence-electron chi connectivity index (χ2n) is 5.73. The van der Waals surface area contributed by atoms with E-state index in [1.165, 1.54) is 24.2 Å². The lowest BCUT2D eigenvalue weighted by molar-refractivity contribution is -0.141. The summed E-state index contributed by atoms with van der Waals surface area (Å²) in [4.78, 5) is 24.3. The summed E-state index contributed by atoms with van der Waals surface area (Å²) in [6.45, 7) is 2.50. The van der Waals surface area contributed by atoms with E-state index in [4.69, 9.17) is 5.11 Å². The average molecular weight is 302 g/mol. The second kappa shape index (κ2) is 7.76. The summed E-state index contributed by atoms with van der Waals surface area (Å²) in [5.41, 5.74) is 0. The molecule has 0 spiro atoms. The molecule has 1 fully saturated rings. The molecule has 5 nitrogen and oxygen atoms in total. The summed E-state index contributed by atoms with van der Waals surface area (Å²) in [5.74, 6) is -1.42. The highest BCUT2D eigenvalue weighted by molar-refractivity contribution is 8.00. The molecule has 0 bridgehead atoms. The number of amides is 2. The van der Waals surface area contributed by atoms with Gasteiger partial charge in [-0.05, 0) is 19.1 Å². The molecule has 1 aliphatic rings. The maximum atomic E-state index is 12.0. The maximum Gasteiger partial charge on any atom is 0.317 e. The molecule has 1 aliphatic carbocycles. The highest BCUT2D eigenvalue weighted by Gasteiger charge is 2.31. The van der Waals surface area contributed by atoms with Crippen molar-refractivity contribution in [3.63, 3.8) is 0 Å². The standard InChI is InChI=1S/C14H26N2O3S/c1-11(12(17)18)9-16(2)13(19)15-10-14(20-3)7-5-4-6-8-14/h11H,4-10H2,1-3H3,(H,15,19)(H,17,18). The summed E-state index contributed by atoms with van der Waals surface area (Å²) in [5, 5.41) is 11.8. The van der Waals surface area contributed by atoms with Gasteiger partial charge < -0.3 is 15.3 Å². The molecule has 116 valence electrons. The topological polar surface area (TPSA) is 69.6 Å². The van der Waals surface area contributed by atoms with Gasteiger partial charge in [0.15, 0.2) is 0 Å². The minimum atomic E-state index is -0.877. The molecule has 1 rings (SSSR count). The highest BCUT2D eigenvalue weighted by Crippen LogP contribution is 2.37. The van der Waals surface area contributed by atoms with Crippen molar-refractivity contribution in [1.82, 2.24) is 10.2 Å². The van der Waals surface area contributed by atoms with Gasteiger partial charge in [0, 0.05) is 24.9 Å². The quantitative estimate of drug-likeness (QED) is 0.790. The van der Waals surface area contributed by atoms with Crippen molar-refractivity contribution in [2.75, 3.05) is 26.4 Å². The first-order chi connectivity index (χ1) is 9.40. The molecule has 1 atom stereocenters. The molecule has 0 radical (unpaired) electrons. The molecular weight excluding hydrogens is 276 g/mol. The van der Waals surface area contributed by atoms with Crippen LogP contribution in [0.2, 0.25) is 0 Å². The van der Waals surface area contributed by atoms with Crippen molar-refractivity contribution in [3.8, 4) is 0 Å². The Kier molecular flexibility index (Phi) is 6.65. The molecule has 1 unspecified atom stereocenters. The zero-order valence-corrected chi connectivity index (χ0v) is 13.5. The fourth-order valence-corrected chi connectivity index (χ4v) is 3.51. The third-order valence-electron chi connectivity index (χ3n) is 4.08. The highest BCUT2D eigenvalue weighted by atomic mass is 32.2. The maximum absolute atomic E-state index is 12.0. The van der Waals surface area contributed by atoms with Crippen LogP contribution in [0.1, 0.15) is 39.0 Å². The van der Waals surface area contributed by atoms with Gasteiger partial charge in [-0.3, -0.25) is 4.79 Å². The number of nitrogens with one attached hydrogen (secondary N) is 1. The molecule has 20 heavy (non-hydrogen) atoms. The SMILES string of the molecule is CSC1(CNC(=O)N(C)CC(C)C(=O)O)CCCCC1. The van der Waals surface area contributed by atoms with Crippen LogP contribution in [0.3, 0.4) is 0 Å². The van der Waals surface area contributed by atoms with Crippen LogP contribution in [0.5, 0.6) is 0 Å². The van der Waals surface area contributed by atoms with E-state index in [2.05, 4.69) is 11.6 Å². The lowest BCUT2D eigenvalue weighted by atomic mass is 9.88. The van der Waals surface area contributed by atoms with E-state index in [0.717, 1.165) is 12.8 Å². The Balaban J connectivity index is 2.43. The zero-order chi connectivity index (χ0) is 15.2. The van der Waals surface area contributed by atoms with Gasteiger partial charge in [-0.2, -0.15) is 11.8 Å². The van der Waals surface area contributed by atoms with E-state index in [0.29, 0.717) is 6.54 Å². The van der Waals surface area contributed by atoms with E-state index in [1.807, 2.05) is 11.8 Å². The fraction of sp³-hybridized carbons (Fsp3) is 0.857. The molecule has 0 aromatic heterocycles. The normalized spacial score (nSPS) is 19.1. The Labute approximate surface area is 125 Å². The van der Waals surface area contributed by atoms with E-state index < -0.39 is 11.9 Å². The Morgan fingerprint density at radius 3 is 2.45 bits per heavy atom. The van der Waals surface area contributed by atoms with Crippen LogP contribution in [0, 0.1) is 5.92 Å². The number of carboxylic acids is 1. The molecule has 0 aromatic carbocycles. The van der Waals surface area contributed by atoms with Crippen LogP contribution in [0.15, 0.2) is 0 Å². The summed E-state index contributed by atoms with van der Waals surface area (Å²) in [6, 6.07) is -0.183. The van der Waals surface area contributed by atoms with Gasteiger partial charge in [0.25, 0.3) is 0 Å². The average Bonchev–Trinajstić information content (AvgIpc) is 2.45. The number of carbonyl (C=O) groups excluding carboxylic acids is 1. The monoisotopic (exact) mass is 302 g/mol. The molecule has 0 heterocycles. The van der Waals surface area contributed by atoms with Gasteiger partial charge in [0.05, 0.1) is 5.92 Å². The molecule has 2 amide bonds. The molecule has 0 aliphatic heterocycles. The van der Waals surface area contributed by atoms with Crippen molar-refractivity contribution >= 4 is 23.8 Å². The summed E-state index contributed by atoms with van der Waals surface area (Å²) in [7, 11) is 1.64. The number of hydrogen-bond donors (Lipinski definition) is 2. The van der Waals surface area contributed by atoms with Gasteiger partial charge in [-0.15, -0.1) is 0 Å². The van der Waals surface area contributed by atoms with Crippen LogP contribution in [0.25, 0.3) is 0 Å². The predicted molar refractivity (Wildman–Crippen MR) is 82.2 cm³/mol. The predicted octanol–water partition coefficient (Wildman–Crippen LogP) is 2.41. The Morgan fingerprint density at radius 2 is 1.95 bits per heavy atom. The van der Waals surface area contributed by atoms with Gasteiger partial charge in [-0.1, -0.05) is 26.2 Å². The number of thioether (sulfide) groups is 1. The van der Waals surface area contributed by atoms with Crippen LogP contribution in [-0.2, 0) is 4.79 Å². The number of urea groups is 1. The van der Waals surface area contributed by atoms with E-state index in [1.54, 1.807) is 14.0 Å². The van der Waals surface area contributed by atoms with Gasteiger partial charge in [-0.25, -0.2) is 4.79 Å². The number of hydrogen-bond acceptors (Lipinski definition) is 3. The number of aliphatic carboxylic acids is 1. The molecule has 0 saturated heterocycles. The van der Waals surface area contributed by atoms with Crippen LogP contribution in [-0.4, -0.2) is 53.1 Å². The Hall–Kier alpha value is -0.910. The summed E-state index contributed by atoms with van der Waals surface area (Å²) in [6.07, 6.45) is 8.12. The molecule has 2 N–H and O–H groups in total. The lowest BCUT2D eigenvalue weighted by Crippen LogP contribution is -2.47. The van der Waals surface area contributed by atoms with Crippen LogP contribution in [0.4, 0.5) is 4.79 Å². The summed E-state index contributed by atoms with van der Waals surface area (Å²) >= 11 is 1.84. The first-order valence-electron chi connectivity index (χ1n) is 7.17. The molecular formula is C14H26N2O3S. The number of nitrogens with zero attached hydrogens (tertiary/aromatic N) is 1. The first kappa shape index (κ1) is 17.1. The number of rotatable bonds is 6. The Morgan fingerprint density at radius 1 is 1.35 bits per heavy atom. The summed E-state index contributed by atoms with van der Waals surface area (Å²) < 4.78 is 0.160. The molecule has 0 aromatic rings. The van der Waals surface area contributed by atoms with Gasteiger partial charge >= 0.3 is 12.0 Å². The van der Waals surface area contributed by atoms with Gasteiger partial charge in [0.2, 0.25) is 0 Å². The van der Waals surface area contributed by atoms with Crippen molar-refractivity contribution in [2.24, 2.45) is 5.92 Å². The minimum absolute atomic E-state index is 0.160. The smallest absolute Gasteiger partial charge is 0.317 e. The van der Waals surface area contributed by atoms with Crippen molar-refractivity contribution in [2.45, 2.75) is 43.8 Å². The zero-order valence-electron chi connectivity index (χ0n) is 12.6. The fourth-order valence-electron chi connectivity index (χ4n) is 2.59. The van der Waals surface area contributed by atoms with E-state index in [9.17, 15) is 9.59 Å². The van der Waals surface area contributed by atoms with E-state index >= 15 is 0 Å². The van der Waals surface area contributed by atoms with Crippen molar-refractivity contribution < 1.29 is 14.7 Å². The first-order valence-corrected chi connectivity index (χ1v) is 8.39.